The van der Waals surface area contributed by atoms with Crippen LogP contribution in [0.15, 0.2) is 18.2 Å². The first-order chi connectivity index (χ1) is 6.79. The van der Waals surface area contributed by atoms with E-state index in [1.165, 1.54) is 18.2 Å². The van der Waals surface area contributed by atoms with E-state index in [0.29, 0.717) is 5.75 Å². The number of hydrogen-bond acceptors (Lipinski definition) is 4. The second-order valence-electron chi connectivity index (χ2n) is 4.12. The molecule has 1 aromatic carbocycles. The van der Waals surface area contributed by atoms with E-state index >= 15 is 0 Å². The monoisotopic (exact) mass is 211 g/mol. The van der Waals surface area contributed by atoms with Gasteiger partial charge in [0, 0.05) is 12.1 Å². The number of nitro groups is 1. The van der Waals surface area contributed by atoms with E-state index in [-0.39, 0.29) is 11.4 Å². The summed E-state index contributed by atoms with van der Waals surface area (Å²) in [6.07, 6.45) is 0. The third-order valence-corrected chi connectivity index (χ3v) is 1.57. The molecule has 15 heavy (non-hydrogen) atoms. The van der Waals surface area contributed by atoms with Crippen LogP contribution in [0.2, 0.25) is 0 Å². The van der Waals surface area contributed by atoms with Gasteiger partial charge in [-0.05, 0) is 26.8 Å². The Balaban J connectivity index is 2.97. The standard InChI is InChI=1S/C10H13NO4/c1-10(2,3)15-7-4-5-8(11(13)14)9(12)6-7/h4-6,12H,1-3H3. The minimum atomic E-state index is -0.643. The lowest BCUT2D eigenvalue weighted by atomic mass is 10.2. The zero-order chi connectivity index (χ0) is 11.6. The van der Waals surface area contributed by atoms with Gasteiger partial charge in [-0.25, -0.2) is 0 Å². The molecule has 0 saturated carbocycles. The van der Waals surface area contributed by atoms with Gasteiger partial charge in [-0.15, -0.1) is 0 Å². The predicted molar refractivity (Wildman–Crippen MR) is 55.1 cm³/mol. The highest BCUT2D eigenvalue weighted by Crippen LogP contribution is 2.31. The molecule has 0 saturated heterocycles. The van der Waals surface area contributed by atoms with Gasteiger partial charge in [-0.2, -0.15) is 0 Å². The highest BCUT2D eigenvalue weighted by Gasteiger charge is 2.16. The fourth-order valence-electron chi connectivity index (χ4n) is 1.07. The minimum Gasteiger partial charge on any atom is -0.502 e. The molecule has 82 valence electrons. The van der Waals surface area contributed by atoms with Crippen molar-refractivity contribution < 1.29 is 14.8 Å². The second kappa shape index (κ2) is 3.76. The van der Waals surface area contributed by atoms with Gasteiger partial charge in [-0.1, -0.05) is 0 Å². The first-order valence-corrected chi connectivity index (χ1v) is 4.46. The molecule has 0 atom stereocenters. The molecule has 1 N–H and O–H groups in total. The maximum Gasteiger partial charge on any atom is 0.310 e. The van der Waals surface area contributed by atoms with Gasteiger partial charge >= 0.3 is 5.69 Å². The summed E-state index contributed by atoms with van der Waals surface area (Å²) in [5.74, 6) is 0.0207. The molecule has 0 aliphatic heterocycles. The van der Waals surface area contributed by atoms with E-state index in [9.17, 15) is 15.2 Å². The topological polar surface area (TPSA) is 72.6 Å². The zero-order valence-corrected chi connectivity index (χ0v) is 8.85. The van der Waals surface area contributed by atoms with E-state index in [4.69, 9.17) is 4.74 Å². The molecule has 0 bridgehead atoms. The van der Waals surface area contributed by atoms with Crippen molar-refractivity contribution in [3.05, 3.63) is 28.3 Å². The maximum atomic E-state index is 10.4. The average Bonchev–Trinajstić information content (AvgIpc) is 1.99. The fraction of sp³-hybridized carbons (Fsp3) is 0.400. The Morgan fingerprint density at radius 1 is 1.40 bits per heavy atom. The lowest BCUT2D eigenvalue weighted by molar-refractivity contribution is -0.385. The zero-order valence-electron chi connectivity index (χ0n) is 8.85. The highest BCUT2D eigenvalue weighted by molar-refractivity contribution is 5.49. The molecule has 1 aromatic rings. The van der Waals surface area contributed by atoms with Crippen molar-refractivity contribution in [1.29, 1.82) is 0 Å². The molecule has 0 radical (unpaired) electrons. The minimum absolute atomic E-state index is 0.323. The highest BCUT2D eigenvalue weighted by atomic mass is 16.6. The summed E-state index contributed by atoms with van der Waals surface area (Å²) in [5.41, 5.74) is -0.723. The van der Waals surface area contributed by atoms with Crippen molar-refractivity contribution in [2.75, 3.05) is 0 Å². The van der Waals surface area contributed by atoms with Crippen LogP contribution in [-0.4, -0.2) is 15.6 Å². The van der Waals surface area contributed by atoms with Crippen molar-refractivity contribution in [2.45, 2.75) is 26.4 Å². The van der Waals surface area contributed by atoms with Crippen molar-refractivity contribution in [1.82, 2.24) is 0 Å². The van der Waals surface area contributed by atoms with Crippen LogP contribution in [0.4, 0.5) is 5.69 Å². The Morgan fingerprint density at radius 2 is 2.00 bits per heavy atom. The second-order valence-corrected chi connectivity index (χ2v) is 4.12. The summed E-state index contributed by atoms with van der Waals surface area (Å²) in [7, 11) is 0. The number of nitro benzene ring substituents is 1. The van der Waals surface area contributed by atoms with Gasteiger partial charge in [0.25, 0.3) is 0 Å². The van der Waals surface area contributed by atoms with E-state index in [2.05, 4.69) is 0 Å². The Bertz CT molecular complexity index is 381. The Hall–Kier alpha value is -1.78. The molecule has 5 nitrogen and oxygen atoms in total. The molecule has 1 rings (SSSR count). The van der Waals surface area contributed by atoms with Crippen LogP contribution < -0.4 is 4.74 Å². The van der Waals surface area contributed by atoms with Crippen LogP contribution in [0, 0.1) is 10.1 Å². The van der Waals surface area contributed by atoms with E-state index in [1.807, 2.05) is 20.8 Å². The largest absolute Gasteiger partial charge is 0.502 e. The van der Waals surface area contributed by atoms with E-state index in [1.54, 1.807) is 0 Å². The number of benzene rings is 1. The molecular formula is C10H13NO4. The van der Waals surface area contributed by atoms with Crippen LogP contribution >= 0.6 is 0 Å². The van der Waals surface area contributed by atoms with Gasteiger partial charge in [0.2, 0.25) is 0 Å². The lowest BCUT2D eigenvalue weighted by Gasteiger charge is -2.21. The number of phenols is 1. The first-order valence-electron chi connectivity index (χ1n) is 4.46. The number of hydrogen-bond donors (Lipinski definition) is 1. The fourth-order valence-corrected chi connectivity index (χ4v) is 1.07. The maximum absolute atomic E-state index is 10.4. The molecule has 0 fully saturated rings. The normalized spacial score (nSPS) is 11.1. The third kappa shape index (κ3) is 3.12. The number of nitrogens with zero attached hydrogens (tertiary/aromatic N) is 1. The summed E-state index contributed by atoms with van der Waals surface area (Å²) in [6.45, 7) is 5.56. The molecule has 0 aliphatic rings. The van der Waals surface area contributed by atoms with E-state index in [0.717, 1.165) is 0 Å². The quantitative estimate of drug-likeness (QED) is 0.602. The Labute approximate surface area is 87.5 Å². The average molecular weight is 211 g/mol. The smallest absolute Gasteiger partial charge is 0.310 e. The Kier molecular flexibility index (Phi) is 2.83. The summed E-state index contributed by atoms with van der Waals surface area (Å²) in [5, 5.41) is 19.8. The van der Waals surface area contributed by atoms with E-state index < -0.39 is 10.5 Å². The Morgan fingerprint density at radius 3 is 2.40 bits per heavy atom. The molecule has 0 unspecified atom stereocenters. The first kappa shape index (κ1) is 11.3. The molecule has 0 aromatic heterocycles. The van der Waals surface area contributed by atoms with Crippen LogP contribution in [0.1, 0.15) is 20.8 Å². The molecule has 5 heteroatoms. The molecule has 0 heterocycles. The van der Waals surface area contributed by atoms with Crippen molar-refractivity contribution >= 4 is 5.69 Å². The van der Waals surface area contributed by atoms with Crippen molar-refractivity contribution in [3.8, 4) is 11.5 Å². The summed E-state index contributed by atoms with van der Waals surface area (Å²) < 4.78 is 5.43. The van der Waals surface area contributed by atoms with Crippen LogP contribution in [0.5, 0.6) is 11.5 Å². The summed E-state index contributed by atoms with van der Waals surface area (Å²) >= 11 is 0. The number of ether oxygens (including phenoxy) is 1. The number of phenolic OH excluding ortho intramolecular Hbond substituents is 1. The van der Waals surface area contributed by atoms with Gasteiger partial charge in [-0.3, -0.25) is 10.1 Å². The van der Waals surface area contributed by atoms with Gasteiger partial charge in [0.05, 0.1) is 4.92 Å². The van der Waals surface area contributed by atoms with Crippen molar-refractivity contribution in [3.63, 3.8) is 0 Å². The van der Waals surface area contributed by atoms with Crippen molar-refractivity contribution in [2.24, 2.45) is 0 Å². The lowest BCUT2D eigenvalue weighted by Crippen LogP contribution is -2.22. The van der Waals surface area contributed by atoms with Crippen LogP contribution in [0.3, 0.4) is 0 Å². The summed E-state index contributed by atoms with van der Waals surface area (Å²) in [4.78, 5) is 9.78. The van der Waals surface area contributed by atoms with Crippen LogP contribution in [-0.2, 0) is 0 Å². The van der Waals surface area contributed by atoms with Crippen LogP contribution in [0.25, 0.3) is 0 Å². The molecule has 0 amide bonds. The molecular weight excluding hydrogens is 198 g/mol. The molecule has 0 spiro atoms. The SMILES string of the molecule is CC(C)(C)Oc1ccc([N+](=O)[O-])c(O)c1. The van der Waals surface area contributed by atoms with Gasteiger partial charge in [0.1, 0.15) is 11.4 Å². The number of rotatable bonds is 2. The summed E-state index contributed by atoms with van der Waals surface area (Å²) in [6, 6.07) is 3.92. The van der Waals surface area contributed by atoms with Gasteiger partial charge in [0.15, 0.2) is 5.75 Å². The molecule has 0 aliphatic carbocycles. The third-order valence-electron chi connectivity index (χ3n) is 1.57. The number of aromatic hydroxyl groups is 1. The predicted octanol–water partition coefficient (Wildman–Crippen LogP) is 2.48. The van der Waals surface area contributed by atoms with Gasteiger partial charge < -0.3 is 9.84 Å².